The van der Waals surface area contributed by atoms with Crippen molar-refractivity contribution >= 4 is 11.7 Å². The Balaban J connectivity index is 1.91. The summed E-state index contributed by atoms with van der Waals surface area (Å²) in [5, 5.41) is 3.38. The maximum atomic E-state index is 13.1. The van der Waals surface area contributed by atoms with E-state index in [9.17, 15) is 4.79 Å². The number of likely N-dealkylation sites (N-methyl/N-ethyl adjacent to an activating group) is 1. The van der Waals surface area contributed by atoms with Crippen LogP contribution in [0.5, 0.6) is 0 Å². The standard InChI is InChI=1S/C21H29N5O/c1-5-25-11-13-26(14-12-25)20(27)17-15-18(24-21(2,3)4)23-19(22-17)16-9-7-6-8-10-16/h6-10,15H,5,11-14H2,1-4H3,(H,22,23,24). The second-order valence-corrected chi connectivity index (χ2v) is 7.93. The number of hydrogen-bond donors (Lipinski definition) is 1. The van der Waals surface area contributed by atoms with Gasteiger partial charge >= 0.3 is 0 Å². The number of nitrogens with zero attached hydrogens (tertiary/aromatic N) is 4. The van der Waals surface area contributed by atoms with Gasteiger partial charge in [0.05, 0.1) is 0 Å². The number of rotatable bonds is 4. The van der Waals surface area contributed by atoms with Crippen molar-refractivity contribution in [2.45, 2.75) is 33.2 Å². The first-order chi connectivity index (χ1) is 12.9. The lowest BCUT2D eigenvalue weighted by molar-refractivity contribution is 0.0637. The van der Waals surface area contributed by atoms with Crippen molar-refractivity contribution in [3.63, 3.8) is 0 Å². The molecular formula is C21H29N5O. The average Bonchev–Trinajstić information content (AvgIpc) is 2.66. The number of aromatic nitrogens is 2. The second-order valence-electron chi connectivity index (χ2n) is 7.93. The van der Waals surface area contributed by atoms with E-state index >= 15 is 0 Å². The van der Waals surface area contributed by atoms with E-state index in [1.807, 2.05) is 35.2 Å². The monoisotopic (exact) mass is 367 g/mol. The molecule has 0 unspecified atom stereocenters. The molecule has 1 aliphatic rings. The van der Waals surface area contributed by atoms with Gasteiger partial charge < -0.3 is 15.1 Å². The van der Waals surface area contributed by atoms with Crippen molar-refractivity contribution in [1.82, 2.24) is 19.8 Å². The number of hydrogen-bond acceptors (Lipinski definition) is 5. The van der Waals surface area contributed by atoms with E-state index in [2.05, 4.69) is 47.9 Å². The molecule has 6 nitrogen and oxygen atoms in total. The highest BCUT2D eigenvalue weighted by Crippen LogP contribution is 2.21. The molecule has 27 heavy (non-hydrogen) atoms. The van der Waals surface area contributed by atoms with Gasteiger partial charge in [-0.25, -0.2) is 9.97 Å². The third-order valence-electron chi connectivity index (χ3n) is 4.59. The van der Waals surface area contributed by atoms with Crippen LogP contribution in [0.4, 0.5) is 5.82 Å². The quantitative estimate of drug-likeness (QED) is 0.900. The molecule has 0 atom stereocenters. The predicted octanol–water partition coefficient (Wildman–Crippen LogP) is 3.13. The van der Waals surface area contributed by atoms with E-state index in [1.165, 1.54) is 0 Å². The Morgan fingerprint density at radius 2 is 1.74 bits per heavy atom. The molecule has 6 heteroatoms. The van der Waals surface area contributed by atoms with Crippen LogP contribution >= 0.6 is 0 Å². The summed E-state index contributed by atoms with van der Waals surface area (Å²) in [5.74, 6) is 1.22. The van der Waals surface area contributed by atoms with Crippen molar-refractivity contribution in [1.29, 1.82) is 0 Å². The first kappa shape index (κ1) is 19.3. The third-order valence-corrected chi connectivity index (χ3v) is 4.59. The molecule has 3 rings (SSSR count). The summed E-state index contributed by atoms with van der Waals surface area (Å²) in [4.78, 5) is 26.6. The second kappa shape index (κ2) is 8.05. The highest BCUT2D eigenvalue weighted by atomic mass is 16.2. The Kier molecular flexibility index (Phi) is 5.75. The molecule has 1 amide bonds. The van der Waals surface area contributed by atoms with Gasteiger partial charge in [-0.15, -0.1) is 0 Å². The van der Waals surface area contributed by atoms with Gasteiger partial charge in [0.25, 0.3) is 5.91 Å². The molecule has 1 aromatic heterocycles. The molecule has 1 aliphatic heterocycles. The SMILES string of the molecule is CCN1CCN(C(=O)c2cc(NC(C)(C)C)nc(-c3ccccc3)n2)CC1. The predicted molar refractivity (Wildman–Crippen MR) is 109 cm³/mol. The molecule has 1 fully saturated rings. The van der Waals surface area contributed by atoms with Gasteiger partial charge in [-0.05, 0) is 27.3 Å². The zero-order chi connectivity index (χ0) is 19.4. The smallest absolute Gasteiger partial charge is 0.272 e. The summed E-state index contributed by atoms with van der Waals surface area (Å²) in [6, 6.07) is 11.6. The number of carbonyl (C=O) groups excluding carboxylic acids is 1. The molecule has 0 saturated carbocycles. The maximum absolute atomic E-state index is 13.1. The van der Waals surface area contributed by atoms with Gasteiger partial charge in [0.1, 0.15) is 11.5 Å². The number of amides is 1. The summed E-state index contributed by atoms with van der Waals surface area (Å²) < 4.78 is 0. The molecule has 0 bridgehead atoms. The summed E-state index contributed by atoms with van der Waals surface area (Å²) in [7, 11) is 0. The first-order valence-corrected chi connectivity index (χ1v) is 9.60. The number of carbonyl (C=O) groups is 1. The van der Waals surface area contributed by atoms with Gasteiger partial charge in [0, 0.05) is 43.3 Å². The number of benzene rings is 1. The Bertz CT molecular complexity index is 777. The zero-order valence-electron chi connectivity index (χ0n) is 16.7. The van der Waals surface area contributed by atoms with Crippen molar-refractivity contribution in [2.24, 2.45) is 0 Å². The third kappa shape index (κ3) is 5.04. The molecule has 1 N–H and O–H groups in total. The topological polar surface area (TPSA) is 61.4 Å². The van der Waals surface area contributed by atoms with Crippen LogP contribution in [0.15, 0.2) is 36.4 Å². The number of piperazine rings is 1. The fraction of sp³-hybridized carbons (Fsp3) is 0.476. The van der Waals surface area contributed by atoms with Gasteiger partial charge in [0.15, 0.2) is 5.82 Å². The van der Waals surface area contributed by atoms with Crippen LogP contribution in [0.1, 0.15) is 38.2 Å². The van der Waals surface area contributed by atoms with Gasteiger partial charge in [-0.2, -0.15) is 0 Å². The van der Waals surface area contributed by atoms with Crippen LogP contribution in [-0.4, -0.2) is 63.9 Å². The molecule has 0 spiro atoms. The van der Waals surface area contributed by atoms with E-state index in [1.54, 1.807) is 6.07 Å². The van der Waals surface area contributed by atoms with Crippen LogP contribution in [-0.2, 0) is 0 Å². The van der Waals surface area contributed by atoms with Gasteiger partial charge in [-0.1, -0.05) is 37.3 Å². The molecule has 0 radical (unpaired) electrons. The molecule has 1 aromatic carbocycles. The van der Waals surface area contributed by atoms with E-state index in [-0.39, 0.29) is 11.4 Å². The van der Waals surface area contributed by atoms with Crippen molar-refractivity contribution in [3.05, 3.63) is 42.1 Å². The van der Waals surface area contributed by atoms with Crippen LogP contribution in [0.2, 0.25) is 0 Å². The van der Waals surface area contributed by atoms with Gasteiger partial charge in [-0.3, -0.25) is 4.79 Å². The summed E-state index contributed by atoms with van der Waals surface area (Å²) >= 11 is 0. The molecule has 144 valence electrons. The van der Waals surface area contributed by atoms with E-state index < -0.39 is 0 Å². The molecule has 2 heterocycles. The Labute approximate surface area is 161 Å². The minimum Gasteiger partial charge on any atom is -0.365 e. The summed E-state index contributed by atoms with van der Waals surface area (Å²) in [6.07, 6.45) is 0. The highest BCUT2D eigenvalue weighted by Gasteiger charge is 2.24. The van der Waals surface area contributed by atoms with Crippen molar-refractivity contribution in [3.8, 4) is 11.4 Å². The van der Waals surface area contributed by atoms with E-state index in [4.69, 9.17) is 0 Å². The van der Waals surface area contributed by atoms with Gasteiger partial charge in [0.2, 0.25) is 0 Å². The van der Waals surface area contributed by atoms with Crippen LogP contribution in [0.25, 0.3) is 11.4 Å². The number of anilines is 1. The fourth-order valence-electron chi connectivity index (χ4n) is 3.15. The van der Waals surface area contributed by atoms with E-state index in [0.29, 0.717) is 17.3 Å². The maximum Gasteiger partial charge on any atom is 0.272 e. The van der Waals surface area contributed by atoms with Crippen molar-refractivity contribution < 1.29 is 4.79 Å². The number of nitrogens with one attached hydrogen (secondary N) is 1. The molecular weight excluding hydrogens is 338 g/mol. The highest BCUT2D eigenvalue weighted by molar-refractivity contribution is 5.93. The molecule has 2 aromatic rings. The van der Waals surface area contributed by atoms with Crippen molar-refractivity contribution in [2.75, 3.05) is 38.0 Å². The lowest BCUT2D eigenvalue weighted by atomic mass is 10.1. The van der Waals surface area contributed by atoms with Crippen LogP contribution in [0, 0.1) is 0 Å². The lowest BCUT2D eigenvalue weighted by Gasteiger charge is -2.34. The van der Waals surface area contributed by atoms with Crippen LogP contribution < -0.4 is 5.32 Å². The first-order valence-electron chi connectivity index (χ1n) is 9.60. The Morgan fingerprint density at radius 3 is 2.33 bits per heavy atom. The molecule has 0 aliphatic carbocycles. The van der Waals surface area contributed by atoms with Crippen LogP contribution in [0.3, 0.4) is 0 Å². The normalized spacial score (nSPS) is 15.6. The minimum atomic E-state index is -0.157. The average molecular weight is 367 g/mol. The minimum absolute atomic E-state index is 0.0257. The lowest BCUT2D eigenvalue weighted by Crippen LogP contribution is -2.48. The molecule has 1 saturated heterocycles. The Hall–Kier alpha value is -2.47. The van der Waals surface area contributed by atoms with E-state index in [0.717, 1.165) is 38.3 Å². The summed E-state index contributed by atoms with van der Waals surface area (Å²) in [6.45, 7) is 12.7. The summed E-state index contributed by atoms with van der Waals surface area (Å²) in [5.41, 5.74) is 1.19. The largest absolute Gasteiger partial charge is 0.365 e. The Morgan fingerprint density at radius 1 is 1.07 bits per heavy atom. The zero-order valence-corrected chi connectivity index (χ0v) is 16.7. The fourth-order valence-corrected chi connectivity index (χ4v) is 3.15.